The molecule has 0 saturated heterocycles. The maximum absolute atomic E-state index is 9.65. The molecule has 1 saturated carbocycles. The fraction of sp³-hybridized carbons (Fsp3) is 0.480. The van der Waals surface area contributed by atoms with Gasteiger partial charge in [0.1, 0.15) is 12.4 Å². The van der Waals surface area contributed by atoms with Gasteiger partial charge in [-0.2, -0.15) is 0 Å². The molecule has 0 radical (unpaired) electrons. The first-order valence-electron chi connectivity index (χ1n) is 11.7. The topological polar surface area (TPSA) is 119 Å². The number of carbonyl (C=O) groups is 1. The van der Waals surface area contributed by atoms with Crippen molar-refractivity contribution in [3.63, 3.8) is 0 Å². The number of pyridine rings is 1. The van der Waals surface area contributed by atoms with Crippen LogP contribution >= 0.6 is 15.9 Å². The average Bonchev–Trinajstić information content (AvgIpc) is 3.67. The van der Waals surface area contributed by atoms with Crippen molar-refractivity contribution in [3.8, 4) is 5.88 Å². The number of nitrogens with one attached hydrogen (secondary N) is 1. The molecule has 1 aromatic heterocycles. The van der Waals surface area contributed by atoms with E-state index >= 15 is 0 Å². The Bertz CT molecular complexity index is 865. The Morgan fingerprint density at radius 2 is 2.12 bits per heavy atom. The normalized spacial score (nSPS) is 17.5. The summed E-state index contributed by atoms with van der Waals surface area (Å²) in [6.45, 7) is 7.43. The summed E-state index contributed by atoms with van der Waals surface area (Å²) in [6.07, 6.45) is 13.0. The Morgan fingerprint density at radius 3 is 2.74 bits per heavy atom. The number of allylic oxidation sites excluding steroid dienone is 1. The lowest BCUT2D eigenvalue weighted by Gasteiger charge is -2.29. The number of hydrogen-bond donors (Lipinski definition) is 3. The standard InChI is InChI=1S/C17H24BrN5O.C6H9NO.C2H6/c1-21-9-12-3-2-8-22-17(12)24-14-7-6-13(16(19)15(14)18)23(20)10-11-4-5-11;1-2-4-7-5-3-6-8;1-2/h2-3,6,8,11,14,21H,4-5,7,9-10,19-20H2,1H3;2,4-6H,3H2,1H3;1-2H3/b;4-2-,7-5?;. The Balaban J connectivity index is 0.000000493. The van der Waals surface area contributed by atoms with Crippen molar-refractivity contribution in [3.05, 3.63) is 58.1 Å². The van der Waals surface area contributed by atoms with Gasteiger partial charge in [0.2, 0.25) is 5.88 Å². The molecule has 0 amide bonds. The highest BCUT2D eigenvalue weighted by Crippen LogP contribution is 2.34. The smallest absolute Gasteiger partial charge is 0.218 e. The molecule has 1 fully saturated rings. The molecular formula is C25H39BrN6O2. The van der Waals surface area contributed by atoms with Gasteiger partial charge in [-0.15, -0.1) is 0 Å². The van der Waals surface area contributed by atoms with Crippen LogP contribution in [0.5, 0.6) is 5.88 Å². The van der Waals surface area contributed by atoms with Crippen molar-refractivity contribution < 1.29 is 9.53 Å². The van der Waals surface area contributed by atoms with Gasteiger partial charge in [0.25, 0.3) is 0 Å². The van der Waals surface area contributed by atoms with Gasteiger partial charge in [-0.3, -0.25) is 4.99 Å². The third kappa shape index (κ3) is 10.2. The van der Waals surface area contributed by atoms with Crippen LogP contribution in [0.3, 0.4) is 0 Å². The molecule has 1 atom stereocenters. The molecule has 1 unspecified atom stereocenters. The molecule has 188 valence electrons. The largest absolute Gasteiger partial charge is 0.468 e. The van der Waals surface area contributed by atoms with Crippen LogP contribution < -0.4 is 21.6 Å². The first-order valence-corrected chi connectivity index (χ1v) is 12.5. The predicted octanol–water partition coefficient (Wildman–Crippen LogP) is 4.19. The Hall–Kier alpha value is -2.49. The number of hydrogen-bond acceptors (Lipinski definition) is 8. The molecule has 0 spiro atoms. The van der Waals surface area contributed by atoms with E-state index < -0.39 is 0 Å². The van der Waals surface area contributed by atoms with Crippen molar-refractivity contribution in [2.75, 3.05) is 13.6 Å². The van der Waals surface area contributed by atoms with Gasteiger partial charge in [-0.1, -0.05) is 32.1 Å². The lowest BCUT2D eigenvalue weighted by molar-refractivity contribution is -0.106. The molecule has 3 rings (SSSR count). The molecule has 1 aromatic rings. The van der Waals surface area contributed by atoms with Crippen molar-refractivity contribution in [2.24, 2.45) is 22.5 Å². The van der Waals surface area contributed by atoms with Gasteiger partial charge >= 0.3 is 0 Å². The number of nitrogens with two attached hydrogens (primary N) is 2. The maximum atomic E-state index is 9.65. The highest BCUT2D eigenvalue weighted by molar-refractivity contribution is 9.11. The second-order valence-electron chi connectivity index (χ2n) is 7.50. The van der Waals surface area contributed by atoms with Gasteiger partial charge in [-0.25, -0.2) is 10.8 Å². The molecule has 2 aliphatic carbocycles. The molecule has 34 heavy (non-hydrogen) atoms. The quantitative estimate of drug-likeness (QED) is 0.178. The van der Waals surface area contributed by atoms with Crippen LogP contribution in [0.2, 0.25) is 0 Å². The number of nitrogens with zero attached hydrogens (tertiary/aromatic N) is 3. The maximum Gasteiger partial charge on any atom is 0.218 e. The van der Waals surface area contributed by atoms with Crippen LogP contribution in [0, 0.1) is 5.92 Å². The Kier molecular flexibility index (Phi) is 14.8. The number of hydrazine groups is 1. The highest BCUT2D eigenvalue weighted by atomic mass is 79.9. The number of halogens is 1. The van der Waals surface area contributed by atoms with E-state index in [9.17, 15) is 4.79 Å². The van der Waals surface area contributed by atoms with Gasteiger partial charge in [0, 0.05) is 50.1 Å². The predicted molar refractivity (Wildman–Crippen MR) is 143 cm³/mol. The Morgan fingerprint density at radius 1 is 1.38 bits per heavy atom. The van der Waals surface area contributed by atoms with Gasteiger partial charge < -0.3 is 25.6 Å². The summed E-state index contributed by atoms with van der Waals surface area (Å²) in [7, 11) is 1.90. The summed E-state index contributed by atoms with van der Waals surface area (Å²) in [4.78, 5) is 17.7. The molecular weight excluding hydrogens is 496 g/mol. The van der Waals surface area contributed by atoms with Crippen LogP contribution in [-0.4, -0.2) is 42.2 Å². The minimum atomic E-state index is -0.186. The van der Waals surface area contributed by atoms with E-state index in [4.69, 9.17) is 16.3 Å². The van der Waals surface area contributed by atoms with Crippen LogP contribution in [-0.2, 0) is 11.3 Å². The molecule has 1 heterocycles. The molecule has 5 N–H and O–H groups in total. The van der Waals surface area contributed by atoms with Crippen LogP contribution in [0.15, 0.2) is 57.6 Å². The Labute approximate surface area is 212 Å². The molecule has 2 aliphatic rings. The fourth-order valence-corrected chi connectivity index (χ4v) is 3.50. The lowest BCUT2D eigenvalue weighted by Crippen LogP contribution is -2.37. The van der Waals surface area contributed by atoms with E-state index in [-0.39, 0.29) is 6.10 Å². The SMILES string of the molecule is C/C=C\N=CCC=O.CC.CNCc1cccnc1OC1CC=C(N(N)CC2CC2)C(N)=C1Br. The third-order valence-electron chi connectivity index (χ3n) is 4.82. The highest BCUT2D eigenvalue weighted by Gasteiger charge is 2.29. The minimum absolute atomic E-state index is 0.186. The molecule has 0 aliphatic heterocycles. The van der Waals surface area contributed by atoms with E-state index in [0.29, 0.717) is 36.9 Å². The summed E-state index contributed by atoms with van der Waals surface area (Å²) in [5, 5.41) is 4.89. The van der Waals surface area contributed by atoms with Crippen LogP contribution in [0.1, 0.15) is 52.0 Å². The number of aromatic nitrogens is 1. The van der Waals surface area contributed by atoms with Gasteiger partial charge in [0.15, 0.2) is 0 Å². The number of rotatable bonds is 10. The van der Waals surface area contributed by atoms with Gasteiger partial charge in [-0.05, 0) is 54.7 Å². The zero-order valence-electron chi connectivity index (χ0n) is 20.7. The summed E-state index contributed by atoms with van der Waals surface area (Å²) < 4.78 is 6.93. The van der Waals surface area contributed by atoms with E-state index in [2.05, 4.69) is 31.2 Å². The van der Waals surface area contributed by atoms with E-state index in [0.717, 1.165) is 28.6 Å². The van der Waals surface area contributed by atoms with Crippen molar-refractivity contribution in [1.82, 2.24) is 15.3 Å². The second kappa shape index (κ2) is 17.0. The first-order chi connectivity index (χ1) is 16.5. The molecule has 0 bridgehead atoms. The van der Waals surface area contributed by atoms with Gasteiger partial charge in [0.05, 0.1) is 15.9 Å². The van der Waals surface area contributed by atoms with Crippen LogP contribution in [0.25, 0.3) is 0 Å². The number of aliphatic imine (C=N–C) groups is 1. The summed E-state index contributed by atoms with van der Waals surface area (Å²) in [5.41, 5.74) is 8.83. The summed E-state index contributed by atoms with van der Waals surface area (Å²) in [5.74, 6) is 7.50. The van der Waals surface area contributed by atoms with E-state index in [1.165, 1.54) is 12.8 Å². The third-order valence-corrected chi connectivity index (χ3v) is 5.75. The minimum Gasteiger partial charge on any atom is -0.468 e. The molecule has 0 aromatic carbocycles. The monoisotopic (exact) mass is 534 g/mol. The van der Waals surface area contributed by atoms with Crippen LogP contribution in [0.4, 0.5) is 0 Å². The van der Waals surface area contributed by atoms with Crippen molar-refractivity contribution >= 4 is 28.4 Å². The summed E-state index contributed by atoms with van der Waals surface area (Å²) >= 11 is 3.59. The fourth-order valence-electron chi connectivity index (χ4n) is 3.02. The number of aldehydes is 1. The van der Waals surface area contributed by atoms with Crippen molar-refractivity contribution in [1.29, 1.82) is 0 Å². The van der Waals surface area contributed by atoms with Crippen molar-refractivity contribution in [2.45, 2.75) is 59.1 Å². The number of carbonyl (C=O) groups excluding carboxylic acids is 1. The zero-order chi connectivity index (χ0) is 25.3. The van der Waals surface area contributed by atoms with E-state index in [1.807, 2.05) is 46.0 Å². The first kappa shape index (κ1) is 29.5. The molecule has 8 nitrogen and oxygen atoms in total. The van der Waals surface area contributed by atoms with E-state index in [1.54, 1.807) is 29.7 Å². The zero-order valence-corrected chi connectivity index (χ0v) is 22.3. The second-order valence-corrected chi connectivity index (χ2v) is 8.36. The lowest BCUT2D eigenvalue weighted by atomic mass is 10.1. The molecule has 9 heteroatoms. The average molecular weight is 536 g/mol. The number of ether oxygens (including phenoxy) is 1. The summed E-state index contributed by atoms with van der Waals surface area (Å²) in [6, 6.07) is 3.91.